The molecular formula is C18H22N2O2. The van der Waals surface area contributed by atoms with Crippen molar-refractivity contribution in [2.24, 2.45) is 11.7 Å². The normalized spacial score (nSPS) is 13.2. The third-order valence-electron chi connectivity index (χ3n) is 3.74. The highest BCUT2D eigenvalue weighted by molar-refractivity contribution is 5.79. The Kier molecular flexibility index (Phi) is 5.55. The molecule has 2 aromatic carbocycles. The monoisotopic (exact) mass is 298 g/mol. The molecule has 0 saturated carbocycles. The van der Waals surface area contributed by atoms with Crippen molar-refractivity contribution in [2.45, 2.75) is 19.5 Å². The number of amides is 1. The number of ether oxygens (including phenoxy) is 1. The molecule has 0 heterocycles. The molecular weight excluding hydrogens is 276 g/mol. The summed E-state index contributed by atoms with van der Waals surface area (Å²) in [6.45, 7) is 2.31. The summed E-state index contributed by atoms with van der Waals surface area (Å²) in [4.78, 5) is 12.3. The second-order valence-corrected chi connectivity index (χ2v) is 5.29. The Morgan fingerprint density at radius 1 is 1.18 bits per heavy atom. The quantitative estimate of drug-likeness (QED) is 0.861. The van der Waals surface area contributed by atoms with Crippen molar-refractivity contribution in [1.29, 1.82) is 0 Å². The summed E-state index contributed by atoms with van der Waals surface area (Å²) < 4.78 is 5.17. The van der Waals surface area contributed by atoms with Crippen molar-refractivity contribution in [3.63, 3.8) is 0 Å². The summed E-state index contributed by atoms with van der Waals surface area (Å²) in [6.07, 6.45) is 0. The van der Waals surface area contributed by atoms with Gasteiger partial charge in [-0.3, -0.25) is 4.79 Å². The molecule has 0 fully saturated rings. The van der Waals surface area contributed by atoms with Crippen molar-refractivity contribution in [3.05, 3.63) is 65.7 Å². The fourth-order valence-corrected chi connectivity index (χ4v) is 2.26. The van der Waals surface area contributed by atoms with Gasteiger partial charge in [0.05, 0.1) is 13.0 Å². The Morgan fingerprint density at radius 3 is 2.59 bits per heavy atom. The van der Waals surface area contributed by atoms with E-state index in [1.807, 2.05) is 61.5 Å². The summed E-state index contributed by atoms with van der Waals surface area (Å²) in [6, 6.07) is 17.0. The molecule has 4 nitrogen and oxygen atoms in total. The van der Waals surface area contributed by atoms with Gasteiger partial charge in [0.2, 0.25) is 5.91 Å². The molecule has 0 bridgehead atoms. The van der Waals surface area contributed by atoms with Gasteiger partial charge in [0.25, 0.3) is 0 Å². The largest absolute Gasteiger partial charge is 0.497 e. The molecule has 22 heavy (non-hydrogen) atoms. The Bertz CT molecular complexity index is 613. The number of hydrogen-bond donors (Lipinski definition) is 2. The van der Waals surface area contributed by atoms with Gasteiger partial charge in [-0.2, -0.15) is 0 Å². The first-order valence-electron chi connectivity index (χ1n) is 7.33. The molecule has 0 aliphatic heterocycles. The lowest BCUT2D eigenvalue weighted by Crippen LogP contribution is -2.35. The number of hydrogen-bond acceptors (Lipinski definition) is 3. The van der Waals surface area contributed by atoms with Gasteiger partial charge in [-0.25, -0.2) is 0 Å². The standard InChI is InChI=1S/C18H22N2O2/c1-13(17(19)15-8-4-3-5-9-15)18(21)20-12-14-7-6-10-16(11-14)22-2/h3-11,13,17H,12,19H2,1-2H3,(H,20,21). The molecule has 2 rings (SSSR count). The smallest absolute Gasteiger partial charge is 0.225 e. The van der Waals surface area contributed by atoms with Crippen molar-refractivity contribution in [1.82, 2.24) is 5.32 Å². The zero-order valence-electron chi connectivity index (χ0n) is 13.0. The van der Waals surface area contributed by atoms with Crippen LogP contribution in [0.2, 0.25) is 0 Å². The van der Waals surface area contributed by atoms with E-state index in [0.717, 1.165) is 16.9 Å². The number of rotatable bonds is 6. The summed E-state index contributed by atoms with van der Waals surface area (Å²) in [5.74, 6) is 0.424. The summed E-state index contributed by atoms with van der Waals surface area (Å²) in [7, 11) is 1.62. The van der Waals surface area contributed by atoms with Crippen molar-refractivity contribution in [2.75, 3.05) is 7.11 Å². The minimum atomic E-state index is -0.313. The lowest BCUT2D eigenvalue weighted by Gasteiger charge is -2.20. The van der Waals surface area contributed by atoms with Crippen molar-refractivity contribution in [3.8, 4) is 5.75 Å². The van der Waals surface area contributed by atoms with Gasteiger partial charge >= 0.3 is 0 Å². The van der Waals surface area contributed by atoms with Crippen LogP contribution < -0.4 is 15.8 Å². The number of carbonyl (C=O) groups is 1. The average Bonchev–Trinajstić information content (AvgIpc) is 2.59. The fourth-order valence-electron chi connectivity index (χ4n) is 2.26. The van der Waals surface area contributed by atoms with Gasteiger partial charge in [-0.05, 0) is 23.3 Å². The molecule has 4 heteroatoms. The zero-order chi connectivity index (χ0) is 15.9. The molecule has 3 N–H and O–H groups in total. The molecule has 1 amide bonds. The maximum Gasteiger partial charge on any atom is 0.225 e. The highest BCUT2D eigenvalue weighted by Gasteiger charge is 2.21. The molecule has 0 aliphatic carbocycles. The van der Waals surface area contributed by atoms with Gasteiger partial charge < -0.3 is 15.8 Å². The number of nitrogens with two attached hydrogens (primary N) is 1. The molecule has 0 aromatic heterocycles. The van der Waals surface area contributed by atoms with Gasteiger partial charge in [0.1, 0.15) is 5.75 Å². The van der Waals surface area contributed by atoms with E-state index < -0.39 is 0 Å². The van der Waals surface area contributed by atoms with Gasteiger partial charge in [0, 0.05) is 12.6 Å². The molecule has 2 aromatic rings. The maximum absolute atomic E-state index is 12.3. The predicted octanol–water partition coefficient (Wildman–Crippen LogP) is 2.65. The highest BCUT2D eigenvalue weighted by atomic mass is 16.5. The van der Waals surface area contributed by atoms with E-state index in [9.17, 15) is 4.79 Å². The summed E-state index contributed by atoms with van der Waals surface area (Å²) in [5, 5.41) is 2.93. The van der Waals surface area contributed by atoms with E-state index in [1.54, 1.807) is 7.11 Å². The van der Waals surface area contributed by atoms with Gasteiger partial charge in [-0.15, -0.1) is 0 Å². The van der Waals surface area contributed by atoms with Crippen LogP contribution in [0.3, 0.4) is 0 Å². The molecule has 0 saturated heterocycles. The van der Waals surface area contributed by atoms with Crippen LogP contribution in [0.25, 0.3) is 0 Å². The molecule has 2 atom stereocenters. The van der Waals surface area contributed by atoms with E-state index in [4.69, 9.17) is 10.5 Å². The molecule has 0 spiro atoms. The Balaban J connectivity index is 1.93. The Morgan fingerprint density at radius 2 is 1.91 bits per heavy atom. The number of benzene rings is 2. The predicted molar refractivity (Wildman–Crippen MR) is 87.4 cm³/mol. The van der Waals surface area contributed by atoms with Crippen LogP contribution in [-0.4, -0.2) is 13.0 Å². The first kappa shape index (κ1) is 16.0. The van der Waals surface area contributed by atoms with Crippen LogP contribution >= 0.6 is 0 Å². The van der Waals surface area contributed by atoms with E-state index in [2.05, 4.69) is 5.32 Å². The third-order valence-corrected chi connectivity index (χ3v) is 3.74. The minimum absolute atomic E-state index is 0.0563. The molecule has 0 radical (unpaired) electrons. The molecule has 116 valence electrons. The van der Waals surface area contributed by atoms with E-state index >= 15 is 0 Å². The first-order valence-corrected chi connectivity index (χ1v) is 7.33. The van der Waals surface area contributed by atoms with E-state index in [-0.39, 0.29) is 17.9 Å². The summed E-state index contributed by atoms with van der Waals surface area (Å²) >= 11 is 0. The van der Waals surface area contributed by atoms with Crippen LogP contribution in [0.15, 0.2) is 54.6 Å². The Hall–Kier alpha value is -2.33. The van der Waals surface area contributed by atoms with E-state index in [1.165, 1.54) is 0 Å². The number of methoxy groups -OCH3 is 1. The first-order chi connectivity index (χ1) is 10.6. The van der Waals surface area contributed by atoms with Crippen molar-refractivity contribution < 1.29 is 9.53 Å². The lowest BCUT2D eigenvalue weighted by molar-refractivity contribution is -0.125. The van der Waals surface area contributed by atoms with Crippen LogP contribution in [-0.2, 0) is 11.3 Å². The molecule has 2 unspecified atom stereocenters. The van der Waals surface area contributed by atoms with Crippen LogP contribution in [0, 0.1) is 5.92 Å². The van der Waals surface area contributed by atoms with E-state index in [0.29, 0.717) is 6.54 Å². The number of carbonyl (C=O) groups excluding carboxylic acids is 1. The van der Waals surface area contributed by atoms with Gasteiger partial charge in [0.15, 0.2) is 0 Å². The second kappa shape index (κ2) is 7.61. The molecule has 0 aliphatic rings. The Labute approximate surface area is 131 Å². The minimum Gasteiger partial charge on any atom is -0.497 e. The lowest BCUT2D eigenvalue weighted by atomic mass is 9.94. The third kappa shape index (κ3) is 4.09. The maximum atomic E-state index is 12.3. The number of nitrogens with one attached hydrogen (secondary N) is 1. The second-order valence-electron chi connectivity index (χ2n) is 5.29. The van der Waals surface area contributed by atoms with Gasteiger partial charge in [-0.1, -0.05) is 49.4 Å². The SMILES string of the molecule is COc1cccc(CNC(=O)C(C)C(N)c2ccccc2)c1. The topological polar surface area (TPSA) is 64.3 Å². The fraction of sp³-hybridized carbons (Fsp3) is 0.278. The van der Waals surface area contributed by atoms with Crippen LogP contribution in [0.4, 0.5) is 0 Å². The van der Waals surface area contributed by atoms with Crippen LogP contribution in [0.1, 0.15) is 24.1 Å². The average molecular weight is 298 g/mol. The highest BCUT2D eigenvalue weighted by Crippen LogP contribution is 2.19. The summed E-state index contributed by atoms with van der Waals surface area (Å²) in [5.41, 5.74) is 8.13. The zero-order valence-corrected chi connectivity index (χ0v) is 13.0. The van der Waals surface area contributed by atoms with Crippen LogP contribution in [0.5, 0.6) is 5.75 Å². The van der Waals surface area contributed by atoms with Crippen molar-refractivity contribution >= 4 is 5.91 Å².